The summed E-state index contributed by atoms with van der Waals surface area (Å²) < 4.78 is 6.03. The van der Waals surface area contributed by atoms with Crippen LogP contribution in [0.1, 0.15) is 74.0 Å². The van der Waals surface area contributed by atoms with Gasteiger partial charge in [0.1, 0.15) is 0 Å². The number of carbonyl (C=O) groups is 2. The second kappa shape index (κ2) is 16.3. The van der Waals surface area contributed by atoms with Crippen molar-refractivity contribution in [3.63, 3.8) is 0 Å². The van der Waals surface area contributed by atoms with E-state index in [1.54, 1.807) is 0 Å². The molecule has 8 heteroatoms. The van der Waals surface area contributed by atoms with E-state index >= 15 is 0 Å². The number of esters is 1. The molecule has 0 fully saturated rings. The van der Waals surface area contributed by atoms with Crippen LogP contribution in [-0.4, -0.2) is 28.4 Å². The summed E-state index contributed by atoms with van der Waals surface area (Å²) in [7, 11) is 1.23. The Morgan fingerprint density at radius 2 is 1.62 bits per heavy atom. The maximum Gasteiger partial charge on any atom is 1.00 e. The minimum absolute atomic E-state index is 0. The molecule has 0 saturated carbocycles. The summed E-state index contributed by atoms with van der Waals surface area (Å²) in [6.45, 7) is 2.21. The average molecular weight is 385 g/mol. The minimum atomic E-state index is -1.81. The third-order valence-electron chi connectivity index (χ3n) is 4.34. The molecule has 1 heterocycles. The molecular formula is C18H33N3Na2O3. The van der Waals surface area contributed by atoms with Crippen LogP contribution in [0.3, 0.4) is 0 Å². The van der Waals surface area contributed by atoms with Crippen LogP contribution in [0.5, 0.6) is 0 Å². The van der Waals surface area contributed by atoms with E-state index in [0.717, 1.165) is 19.3 Å². The van der Waals surface area contributed by atoms with Gasteiger partial charge in [0.2, 0.25) is 0 Å². The summed E-state index contributed by atoms with van der Waals surface area (Å²) >= 11 is 0. The van der Waals surface area contributed by atoms with Gasteiger partial charge in [-0.2, -0.15) is 0 Å². The topological polar surface area (TPSA) is 87.2 Å². The van der Waals surface area contributed by atoms with Crippen molar-refractivity contribution < 1.29 is 76.3 Å². The number of Topliss-reactive ketones (excluding diaryl/α,β-unsaturated/α-hetero) is 1. The van der Waals surface area contributed by atoms with Gasteiger partial charge in [0.15, 0.2) is 5.78 Å². The molecule has 6 nitrogen and oxygen atoms in total. The second-order valence-electron chi connectivity index (χ2n) is 6.23. The number of imidazole rings is 1. The first kappa shape index (κ1) is 28.5. The van der Waals surface area contributed by atoms with Crippen molar-refractivity contribution in [1.29, 1.82) is 0 Å². The average Bonchev–Trinajstić information content (AvgIpc) is 3.13. The Morgan fingerprint density at radius 3 is 2.08 bits per heavy atom. The second-order valence-corrected chi connectivity index (χ2v) is 6.23. The van der Waals surface area contributed by atoms with Gasteiger partial charge in [0.05, 0.1) is 13.4 Å². The van der Waals surface area contributed by atoms with Gasteiger partial charge in [-0.15, -0.1) is 0 Å². The fraction of sp³-hybridized carbons (Fsp3) is 0.722. The molecule has 26 heavy (non-hydrogen) atoms. The van der Waals surface area contributed by atoms with E-state index in [9.17, 15) is 9.59 Å². The molecule has 0 radical (unpaired) electrons. The van der Waals surface area contributed by atoms with E-state index in [2.05, 4.69) is 11.9 Å². The third kappa shape index (κ3) is 9.00. The fourth-order valence-electron chi connectivity index (χ4n) is 2.77. The van der Waals surface area contributed by atoms with Crippen molar-refractivity contribution in [1.82, 2.24) is 9.55 Å². The van der Waals surface area contributed by atoms with Crippen molar-refractivity contribution in [3.8, 4) is 0 Å². The zero-order valence-corrected chi connectivity index (χ0v) is 21.0. The number of hydrogen-bond donors (Lipinski definition) is 1. The fourth-order valence-corrected chi connectivity index (χ4v) is 2.77. The molecule has 1 unspecified atom stereocenters. The number of ether oxygens (including phenoxy) is 1. The standard InChI is InChI=1S/C18H31N3O3.2Na.2H/c1-3-4-5-6-7-8-9-10-11-12-16(22)18(19,17(23)24-2)21-14-13-20-15-21;;;;/h13-15H,3-12,19H2,1-2H3;;;;/q;2*+1;2*-1. The zero-order valence-electron chi connectivity index (χ0n) is 19.0. The Balaban J connectivity index is -0.000000720. The van der Waals surface area contributed by atoms with Gasteiger partial charge in [-0.25, -0.2) is 9.78 Å². The molecule has 1 aromatic rings. The van der Waals surface area contributed by atoms with E-state index in [1.165, 1.54) is 68.9 Å². The number of hydrogen-bond acceptors (Lipinski definition) is 5. The van der Waals surface area contributed by atoms with Crippen LogP contribution in [0, 0.1) is 0 Å². The first-order valence-corrected chi connectivity index (χ1v) is 8.96. The SMILES string of the molecule is CCCCCCCCCCCC(=O)C(N)(C(=O)OC)n1ccnc1.[H-].[H-].[Na+].[Na+]. The molecule has 1 rings (SSSR count). The Labute approximate surface area is 204 Å². The van der Waals surface area contributed by atoms with E-state index < -0.39 is 11.6 Å². The minimum Gasteiger partial charge on any atom is -1.00 e. The summed E-state index contributed by atoms with van der Waals surface area (Å²) in [5.41, 5.74) is 4.26. The van der Waals surface area contributed by atoms with Crippen LogP contribution < -0.4 is 64.8 Å². The maximum absolute atomic E-state index is 12.5. The maximum atomic E-state index is 12.5. The van der Waals surface area contributed by atoms with Crippen LogP contribution >= 0.6 is 0 Å². The van der Waals surface area contributed by atoms with Crippen LogP contribution in [-0.2, 0) is 20.0 Å². The van der Waals surface area contributed by atoms with Crippen molar-refractivity contribution in [2.75, 3.05) is 7.11 Å². The van der Waals surface area contributed by atoms with Crippen LogP contribution in [0.15, 0.2) is 18.7 Å². The number of methoxy groups -OCH3 is 1. The molecule has 0 aliphatic rings. The first-order chi connectivity index (χ1) is 11.6. The number of carbonyl (C=O) groups excluding carboxylic acids is 2. The molecule has 0 saturated heterocycles. The summed E-state index contributed by atoms with van der Waals surface area (Å²) in [5.74, 6) is -1.10. The van der Waals surface area contributed by atoms with Gasteiger partial charge < -0.3 is 12.2 Å². The van der Waals surface area contributed by atoms with Crippen LogP contribution in [0.2, 0.25) is 0 Å². The summed E-state index contributed by atoms with van der Waals surface area (Å²) in [5, 5.41) is 0. The Morgan fingerprint density at radius 1 is 1.08 bits per heavy atom. The summed E-state index contributed by atoms with van der Waals surface area (Å²) in [6, 6.07) is 0. The molecule has 0 amide bonds. The largest absolute Gasteiger partial charge is 1.00 e. The third-order valence-corrected chi connectivity index (χ3v) is 4.34. The van der Waals surface area contributed by atoms with Crippen molar-refractivity contribution in [2.24, 2.45) is 5.73 Å². The monoisotopic (exact) mass is 385 g/mol. The van der Waals surface area contributed by atoms with E-state index in [1.807, 2.05) is 0 Å². The number of rotatable bonds is 13. The van der Waals surface area contributed by atoms with E-state index in [4.69, 9.17) is 10.5 Å². The smallest absolute Gasteiger partial charge is 1.00 e. The number of ketones is 1. The molecule has 0 spiro atoms. The number of aromatic nitrogens is 2. The summed E-state index contributed by atoms with van der Waals surface area (Å²) in [4.78, 5) is 28.4. The van der Waals surface area contributed by atoms with E-state index in [-0.39, 0.29) is 74.2 Å². The van der Waals surface area contributed by atoms with Crippen LogP contribution in [0.4, 0.5) is 0 Å². The van der Waals surface area contributed by atoms with Gasteiger partial charge in [-0.05, 0) is 6.42 Å². The van der Waals surface area contributed by atoms with Gasteiger partial charge in [-0.3, -0.25) is 10.5 Å². The predicted molar refractivity (Wildman–Crippen MR) is 95.5 cm³/mol. The quantitative estimate of drug-likeness (QED) is 0.174. The van der Waals surface area contributed by atoms with Crippen LogP contribution in [0.25, 0.3) is 0 Å². The molecule has 140 valence electrons. The Bertz CT molecular complexity index is 508. The van der Waals surface area contributed by atoms with Gasteiger partial charge in [0, 0.05) is 18.8 Å². The number of nitrogens with zero attached hydrogens (tertiary/aromatic N) is 2. The van der Waals surface area contributed by atoms with E-state index in [0.29, 0.717) is 0 Å². The molecular weight excluding hydrogens is 352 g/mol. The molecule has 0 aliphatic carbocycles. The van der Waals surface area contributed by atoms with Gasteiger partial charge in [-0.1, -0.05) is 58.3 Å². The van der Waals surface area contributed by atoms with Gasteiger partial charge >= 0.3 is 65.1 Å². The number of unbranched alkanes of at least 4 members (excludes halogenated alkanes) is 8. The van der Waals surface area contributed by atoms with Crippen molar-refractivity contribution in [3.05, 3.63) is 18.7 Å². The molecule has 1 atom stereocenters. The first-order valence-electron chi connectivity index (χ1n) is 8.96. The Hall–Kier alpha value is 0.310. The molecule has 2 N–H and O–H groups in total. The number of nitrogens with two attached hydrogens (primary N) is 1. The normalized spacial score (nSPS) is 12.4. The molecule has 0 aromatic carbocycles. The van der Waals surface area contributed by atoms with Gasteiger partial charge in [0.25, 0.3) is 5.66 Å². The molecule has 1 aromatic heterocycles. The Kier molecular flexibility index (Phi) is 17.9. The zero-order chi connectivity index (χ0) is 17.8. The molecule has 0 bridgehead atoms. The predicted octanol–water partition coefficient (Wildman–Crippen LogP) is -2.61. The van der Waals surface area contributed by atoms with Crippen molar-refractivity contribution >= 4 is 11.8 Å². The molecule has 0 aliphatic heterocycles. The summed E-state index contributed by atoms with van der Waals surface area (Å²) in [6.07, 6.45) is 15.1. The van der Waals surface area contributed by atoms with Crippen molar-refractivity contribution in [2.45, 2.75) is 76.8 Å².